The van der Waals surface area contributed by atoms with Gasteiger partial charge in [-0.3, -0.25) is 9.59 Å². The van der Waals surface area contributed by atoms with Gasteiger partial charge in [0.2, 0.25) is 5.91 Å². The lowest BCUT2D eigenvalue weighted by atomic mass is 9.92. The molecule has 6 nitrogen and oxygen atoms in total. The van der Waals surface area contributed by atoms with Crippen LogP contribution < -0.4 is 14.8 Å². The van der Waals surface area contributed by atoms with Gasteiger partial charge in [0.25, 0.3) is 0 Å². The summed E-state index contributed by atoms with van der Waals surface area (Å²) in [6, 6.07) is 5.27. The molecule has 1 saturated heterocycles. The average molecular weight is 389 g/mol. The molecule has 0 aliphatic carbocycles. The largest absolute Gasteiger partial charge is 0.486 e. The van der Waals surface area contributed by atoms with E-state index in [9.17, 15) is 9.59 Å². The highest BCUT2D eigenvalue weighted by atomic mass is 16.6. The summed E-state index contributed by atoms with van der Waals surface area (Å²) < 4.78 is 11.0. The van der Waals surface area contributed by atoms with Crippen molar-refractivity contribution in [3.05, 3.63) is 23.8 Å². The Kier molecular flexibility index (Phi) is 6.94. The van der Waals surface area contributed by atoms with Gasteiger partial charge >= 0.3 is 0 Å². The normalized spacial score (nSPS) is 23.1. The maximum absolute atomic E-state index is 12.4. The van der Waals surface area contributed by atoms with Crippen LogP contribution >= 0.6 is 0 Å². The molecule has 2 heterocycles. The fourth-order valence-electron chi connectivity index (χ4n) is 4.31. The molecule has 0 bridgehead atoms. The molecule has 0 radical (unpaired) electrons. The second-order valence-electron chi connectivity index (χ2n) is 8.41. The van der Waals surface area contributed by atoms with Gasteiger partial charge in [-0.15, -0.1) is 0 Å². The van der Waals surface area contributed by atoms with Crippen LogP contribution in [0.15, 0.2) is 18.2 Å². The quantitative estimate of drug-likeness (QED) is 0.728. The summed E-state index contributed by atoms with van der Waals surface area (Å²) in [4.78, 5) is 27.1. The van der Waals surface area contributed by atoms with Crippen LogP contribution in [0.3, 0.4) is 0 Å². The lowest BCUT2D eigenvalue weighted by Gasteiger charge is -2.36. The SMILES string of the molecule is CC1CC(C)CN(CC(C)NC(=O)CCC(=O)c2ccc3c(c2)OCCO3)C1. The molecule has 3 atom stereocenters. The molecule has 1 amide bonds. The number of amides is 1. The van der Waals surface area contributed by atoms with Crippen molar-refractivity contribution >= 4 is 11.7 Å². The predicted octanol–water partition coefficient (Wildman–Crippen LogP) is 2.90. The molecule has 1 fully saturated rings. The van der Waals surface area contributed by atoms with Gasteiger partial charge in [-0.1, -0.05) is 13.8 Å². The molecular formula is C22H32N2O4. The van der Waals surface area contributed by atoms with E-state index in [4.69, 9.17) is 9.47 Å². The standard InChI is InChI=1S/C22H32N2O4/c1-15-10-16(2)13-24(12-15)14-17(3)23-22(26)7-5-19(25)18-4-6-20-21(11-18)28-9-8-27-20/h4,6,11,15-17H,5,7-10,12-14H2,1-3H3,(H,23,26). The molecule has 154 valence electrons. The van der Waals surface area contributed by atoms with Gasteiger partial charge in [0.15, 0.2) is 17.3 Å². The topological polar surface area (TPSA) is 67.9 Å². The van der Waals surface area contributed by atoms with Crippen molar-refractivity contribution in [3.63, 3.8) is 0 Å². The molecule has 6 heteroatoms. The number of ketones is 1. The minimum absolute atomic E-state index is 0.0570. The molecule has 3 unspecified atom stereocenters. The first-order valence-corrected chi connectivity index (χ1v) is 10.3. The monoisotopic (exact) mass is 388 g/mol. The zero-order chi connectivity index (χ0) is 20.1. The van der Waals surface area contributed by atoms with Gasteiger partial charge in [0.1, 0.15) is 13.2 Å². The van der Waals surface area contributed by atoms with E-state index in [-0.39, 0.29) is 30.6 Å². The highest BCUT2D eigenvalue weighted by molar-refractivity contribution is 5.98. The summed E-state index contributed by atoms with van der Waals surface area (Å²) in [6.07, 6.45) is 1.67. The van der Waals surface area contributed by atoms with Crippen molar-refractivity contribution in [3.8, 4) is 11.5 Å². The average Bonchev–Trinajstić information content (AvgIpc) is 2.64. The number of likely N-dealkylation sites (tertiary alicyclic amines) is 1. The number of ether oxygens (including phenoxy) is 2. The first kappa shape index (κ1) is 20.6. The Morgan fingerprint density at radius 1 is 1.11 bits per heavy atom. The van der Waals surface area contributed by atoms with E-state index in [1.807, 2.05) is 6.92 Å². The Labute approximate surface area is 167 Å². The highest BCUT2D eigenvalue weighted by Gasteiger charge is 2.23. The number of Topliss-reactive ketones (excluding diaryl/α,β-unsaturated/α-hetero) is 1. The molecule has 0 spiro atoms. The zero-order valence-corrected chi connectivity index (χ0v) is 17.2. The number of hydrogen-bond donors (Lipinski definition) is 1. The molecule has 0 saturated carbocycles. The van der Waals surface area contributed by atoms with Gasteiger partial charge in [0.05, 0.1) is 0 Å². The number of carbonyl (C=O) groups is 2. The van der Waals surface area contributed by atoms with Crippen LogP contribution in [0.4, 0.5) is 0 Å². The fraction of sp³-hybridized carbons (Fsp3) is 0.636. The summed E-state index contributed by atoms with van der Waals surface area (Å²) >= 11 is 0. The van der Waals surface area contributed by atoms with Crippen molar-refractivity contribution in [2.24, 2.45) is 11.8 Å². The number of carbonyl (C=O) groups excluding carboxylic acids is 2. The number of nitrogens with zero attached hydrogens (tertiary/aromatic N) is 1. The smallest absolute Gasteiger partial charge is 0.220 e. The molecule has 1 N–H and O–H groups in total. The van der Waals surface area contributed by atoms with Gasteiger partial charge in [0, 0.05) is 44.1 Å². The van der Waals surface area contributed by atoms with E-state index in [2.05, 4.69) is 24.1 Å². The van der Waals surface area contributed by atoms with Gasteiger partial charge in [-0.25, -0.2) is 0 Å². The van der Waals surface area contributed by atoms with Crippen LogP contribution in [0.25, 0.3) is 0 Å². The Bertz CT molecular complexity index is 696. The molecule has 0 aromatic heterocycles. The van der Waals surface area contributed by atoms with Gasteiger partial charge < -0.3 is 19.7 Å². The predicted molar refractivity (Wildman–Crippen MR) is 108 cm³/mol. The van der Waals surface area contributed by atoms with E-state index < -0.39 is 0 Å². The number of nitrogens with one attached hydrogen (secondary N) is 1. The molecule has 28 heavy (non-hydrogen) atoms. The molecule has 2 aliphatic rings. The summed E-state index contributed by atoms with van der Waals surface area (Å²) in [6.45, 7) is 10.7. The van der Waals surface area contributed by atoms with Crippen LogP contribution in [0.5, 0.6) is 11.5 Å². The maximum atomic E-state index is 12.4. The summed E-state index contributed by atoms with van der Waals surface area (Å²) in [7, 11) is 0. The van der Waals surface area contributed by atoms with Crippen molar-refractivity contribution < 1.29 is 19.1 Å². The number of rotatable bonds is 7. The minimum atomic E-state index is -0.0727. The summed E-state index contributed by atoms with van der Waals surface area (Å²) in [5, 5.41) is 3.04. The van der Waals surface area contributed by atoms with Crippen LogP contribution in [-0.2, 0) is 4.79 Å². The van der Waals surface area contributed by atoms with Crippen molar-refractivity contribution in [2.75, 3.05) is 32.8 Å². The van der Waals surface area contributed by atoms with E-state index in [0.717, 1.165) is 19.6 Å². The first-order chi connectivity index (χ1) is 13.4. The van der Waals surface area contributed by atoms with E-state index in [1.54, 1.807) is 18.2 Å². The van der Waals surface area contributed by atoms with Crippen LogP contribution in [0, 0.1) is 11.8 Å². The lowest BCUT2D eigenvalue weighted by Crippen LogP contribution is -2.47. The number of piperidine rings is 1. The molecule has 1 aromatic carbocycles. The van der Waals surface area contributed by atoms with E-state index in [1.165, 1.54) is 6.42 Å². The molecule has 1 aromatic rings. The van der Waals surface area contributed by atoms with Crippen LogP contribution in [-0.4, -0.2) is 55.5 Å². The maximum Gasteiger partial charge on any atom is 0.220 e. The number of fused-ring (bicyclic) bond motifs is 1. The molecule has 2 aliphatic heterocycles. The second kappa shape index (κ2) is 9.41. The summed E-state index contributed by atoms with van der Waals surface area (Å²) in [5.41, 5.74) is 0.557. The molecule has 3 rings (SSSR count). The number of benzene rings is 1. The fourth-order valence-corrected chi connectivity index (χ4v) is 4.31. The Morgan fingerprint density at radius 2 is 1.79 bits per heavy atom. The van der Waals surface area contributed by atoms with Crippen LogP contribution in [0.2, 0.25) is 0 Å². The minimum Gasteiger partial charge on any atom is -0.486 e. The van der Waals surface area contributed by atoms with Crippen molar-refractivity contribution in [2.45, 2.75) is 46.1 Å². The highest BCUT2D eigenvalue weighted by Crippen LogP contribution is 2.31. The third kappa shape index (κ3) is 5.71. The van der Waals surface area contributed by atoms with Crippen LogP contribution in [0.1, 0.15) is 50.4 Å². The van der Waals surface area contributed by atoms with Gasteiger partial charge in [-0.05, 0) is 43.4 Å². The molecular weight excluding hydrogens is 356 g/mol. The summed E-state index contributed by atoms with van der Waals surface area (Å²) in [5.74, 6) is 2.54. The van der Waals surface area contributed by atoms with E-state index in [0.29, 0.717) is 42.1 Å². The third-order valence-corrected chi connectivity index (χ3v) is 5.33. The van der Waals surface area contributed by atoms with E-state index >= 15 is 0 Å². The lowest BCUT2D eigenvalue weighted by molar-refractivity contribution is -0.121. The first-order valence-electron chi connectivity index (χ1n) is 10.3. The Morgan fingerprint density at radius 3 is 2.50 bits per heavy atom. The van der Waals surface area contributed by atoms with Gasteiger partial charge in [-0.2, -0.15) is 0 Å². The Hall–Kier alpha value is -2.08. The third-order valence-electron chi connectivity index (χ3n) is 5.33. The number of hydrogen-bond acceptors (Lipinski definition) is 5. The van der Waals surface area contributed by atoms with Crippen molar-refractivity contribution in [1.82, 2.24) is 10.2 Å². The Balaban J connectivity index is 1.43. The second-order valence-corrected chi connectivity index (χ2v) is 8.41. The zero-order valence-electron chi connectivity index (χ0n) is 17.2. The van der Waals surface area contributed by atoms with Crippen molar-refractivity contribution in [1.29, 1.82) is 0 Å².